The van der Waals surface area contributed by atoms with Gasteiger partial charge in [0.25, 0.3) is 11.6 Å². The first-order valence-electron chi connectivity index (χ1n) is 7.64. The van der Waals surface area contributed by atoms with Crippen LogP contribution in [0.4, 0.5) is 11.4 Å². The normalized spacial score (nSPS) is 15.3. The molecule has 0 saturated carbocycles. The molecule has 1 aliphatic rings. The summed E-state index contributed by atoms with van der Waals surface area (Å²) < 4.78 is 5.06. The highest BCUT2D eigenvalue weighted by Crippen LogP contribution is 2.33. The van der Waals surface area contributed by atoms with Crippen molar-refractivity contribution in [3.63, 3.8) is 0 Å². The maximum Gasteiger partial charge on any atom is 0.280 e. The molecule has 2 aromatic rings. The standard InChI is InChI=1S/C18H15N3O5/c1-11-15(10-12-4-3-5-16(26-2)17(12)22)18(23)20(19-11)13-6-8-14(9-7-13)21(24)25/h3-10,22H,1-2H3/b15-10+. The van der Waals surface area contributed by atoms with Gasteiger partial charge in [-0.3, -0.25) is 14.9 Å². The highest BCUT2D eigenvalue weighted by Gasteiger charge is 2.29. The van der Waals surface area contributed by atoms with E-state index in [2.05, 4.69) is 5.10 Å². The molecule has 1 amide bonds. The minimum Gasteiger partial charge on any atom is -0.504 e. The number of nitro benzene ring substituents is 1. The number of nitrogens with zero attached hydrogens (tertiary/aromatic N) is 3. The monoisotopic (exact) mass is 353 g/mol. The number of hydrazone groups is 1. The Morgan fingerprint density at radius 1 is 1.23 bits per heavy atom. The molecule has 0 spiro atoms. The number of phenolic OH excluding ortho intramolecular Hbond substituents is 1. The Kier molecular flexibility index (Phi) is 4.40. The maximum atomic E-state index is 12.7. The number of hydrogen-bond donors (Lipinski definition) is 1. The van der Waals surface area contributed by atoms with Gasteiger partial charge < -0.3 is 9.84 Å². The van der Waals surface area contributed by atoms with Gasteiger partial charge in [-0.2, -0.15) is 10.1 Å². The molecule has 1 aliphatic heterocycles. The van der Waals surface area contributed by atoms with Crippen molar-refractivity contribution in [2.24, 2.45) is 5.10 Å². The second-order valence-corrected chi connectivity index (χ2v) is 5.53. The number of para-hydroxylation sites is 1. The van der Waals surface area contributed by atoms with Crippen molar-refractivity contribution in [1.29, 1.82) is 0 Å². The average Bonchev–Trinajstić information content (AvgIpc) is 2.91. The van der Waals surface area contributed by atoms with Crippen LogP contribution in [-0.4, -0.2) is 28.8 Å². The average molecular weight is 353 g/mol. The van der Waals surface area contributed by atoms with E-state index in [1.807, 2.05) is 0 Å². The molecule has 0 radical (unpaired) electrons. The van der Waals surface area contributed by atoms with Crippen LogP contribution in [0.25, 0.3) is 6.08 Å². The van der Waals surface area contributed by atoms with Crippen molar-refractivity contribution >= 4 is 29.1 Å². The summed E-state index contributed by atoms with van der Waals surface area (Å²) in [5.74, 6) is -0.165. The molecule has 0 saturated heterocycles. The van der Waals surface area contributed by atoms with Gasteiger partial charge >= 0.3 is 0 Å². The van der Waals surface area contributed by atoms with Crippen molar-refractivity contribution in [2.75, 3.05) is 12.1 Å². The summed E-state index contributed by atoms with van der Waals surface area (Å²) >= 11 is 0. The summed E-state index contributed by atoms with van der Waals surface area (Å²) in [6.07, 6.45) is 1.53. The molecule has 0 fully saturated rings. The predicted molar refractivity (Wildman–Crippen MR) is 96.3 cm³/mol. The molecular formula is C18H15N3O5. The van der Waals surface area contributed by atoms with Crippen LogP contribution in [0, 0.1) is 10.1 Å². The van der Waals surface area contributed by atoms with Crippen molar-refractivity contribution in [3.8, 4) is 11.5 Å². The summed E-state index contributed by atoms with van der Waals surface area (Å²) in [5.41, 5.74) is 1.55. The minimum atomic E-state index is -0.513. The van der Waals surface area contributed by atoms with E-state index in [-0.39, 0.29) is 11.4 Å². The smallest absolute Gasteiger partial charge is 0.280 e. The molecule has 0 atom stereocenters. The number of non-ortho nitro benzene ring substituents is 1. The van der Waals surface area contributed by atoms with Crippen molar-refractivity contribution in [2.45, 2.75) is 6.92 Å². The Bertz CT molecular complexity index is 948. The zero-order valence-corrected chi connectivity index (χ0v) is 14.0. The van der Waals surface area contributed by atoms with Crippen molar-refractivity contribution in [3.05, 3.63) is 63.7 Å². The molecular weight excluding hydrogens is 338 g/mol. The van der Waals surface area contributed by atoms with Crippen LogP contribution in [0.1, 0.15) is 12.5 Å². The first kappa shape index (κ1) is 17.2. The second-order valence-electron chi connectivity index (χ2n) is 5.53. The Morgan fingerprint density at radius 3 is 2.54 bits per heavy atom. The Hall–Kier alpha value is -3.68. The highest BCUT2D eigenvalue weighted by atomic mass is 16.6. The number of amides is 1. The molecule has 0 aromatic heterocycles. The van der Waals surface area contributed by atoms with Gasteiger partial charge in [0, 0.05) is 17.7 Å². The number of benzene rings is 2. The lowest BCUT2D eigenvalue weighted by Gasteiger charge is -2.11. The number of aromatic hydroxyl groups is 1. The number of carbonyl (C=O) groups excluding carboxylic acids is 1. The lowest BCUT2D eigenvalue weighted by atomic mass is 10.1. The van der Waals surface area contributed by atoms with Crippen LogP contribution in [0.2, 0.25) is 0 Å². The fourth-order valence-corrected chi connectivity index (χ4v) is 2.55. The maximum absolute atomic E-state index is 12.7. The van der Waals surface area contributed by atoms with E-state index in [9.17, 15) is 20.0 Å². The molecule has 26 heavy (non-hydrogen) atoms. The molecule has 1 N–H and O–H groups in total. The van der Waals surface area contributed by atoms with Gasteiger partial charge in [-0.1, -0.05) is 12.1 Å². The van der Waals surface area contributed by atoms with Crippen LogP contribution in [-0.2, 0) is 4.79 Å². The van der Waals surface area contributed by atoms with Crippen LogP contribution in [0.5, 0.6) is 11.5 Å². The molecule has 3 rings (SSSR count). The van der Waals surface area contributed by atoms with E-state index in [1.165, 1.54) is 42.5 Å². The summed E-state index contributed by atoms with van der Waals surface area (Å²) in [4.78, 5) is 22.9. The topological polar surface area (TPSA) is 105 Å². The Balaban J connectivity index is 1.94. The third-order valence-corrected chi connectivity index (χ3v) is 3.92. The lowest BCUT2D eigenvalue weighted by Crippen LogP contribution is -2.21. The van der Waals surface area contributed by atoms with Crippen molar-refractivity contribution < 1.29 is 19.6 Å². The van der Waals surface area contributed by atoms with E-state index in [1.54, 1.807) is 25.1 Å². The van der Waals surface area contributed by atoms with E-state index in [0.29, 0.717) is 28.3 Å². The van der Waals surface area contributed by atoms with Crippen LogP contribution in [0.15, 0.2) is 53.1 Å². The number of phenols is 1. The number of methoxy groups -OCH3 is 1. The molecule has 0 unspecified atom stereocenters. The third kappa shape index (κ3) is 3.00. The zero-order chi connectivity index (χ0) is 18.8. The fraction of sp³-hybridized carbons (Fsp3) is 0.111. The number of anilines is 1. The third-order valence-electron chi connectivity index (χ3n) is 3.92. The number of rotatable bonds is 4. The molecule has 132 valence electrons. The van der Waals surface area contributed by atoms with Gasteiger partial charge in [-0.05, 0) is 31.2 Å². The number of carbonyl (C=O) groups is 1. The zero-order valence-electron chi connectivity index (χ0n) is 14.0. The van der Waals surface area contributed by atoms with E-state index >= 15 is 0 Å². The summed E-state index contributed by atoms with van der Waals surface area (Å²) in [6, 6.07) is 10.5. The largest absolute Gasteiger partial charge is 0.504 e. The molecule has 0 aliphatic carbocycles. The van der Waals surface area contributed by atoms with Gasteiger partial charge in [0.05, 0.1) is 29.0 Å². The van der Waals surface area contributed by atoms with Gasteiger partial charge in [0.15, 0.2) is 11.5 Å². The number of ether oxygens (including phenoxy) is 1. The highest BCUT2D eigenvalue weighted by molar-refractivity contribution is 6.32. The molecule has 1 heterocycles. The van der Waals surface area contributed by atoms with E-state index in [0.717, 1.165) is 0 Å². The summed E-state index contributed by atoms with van der Waals surface area (Å²) in [7, 11) is 1.44. The van der Waals surface area contributed by atoms with Crippen LogP contribution >= 0.6 is 0 Å². The number of nitro groups is 1. The lowest BCUT2D eigenvalue weighted by molar-refractivity contribution is -0.384. The van der Waals surface area contributed by atoms with Gasteiger partial charge in [0.1, 0.15) is 0 Å². The van der Waals surface area contributed by atoms with E-state index in [4.69, 9.17) is 4.74 Å². The van der Waals surface area contributed by atoms with Gasteiger partial charge in [-0.25, -0.2) is 0 Å². The van der Waals surface area contributed by atoms with Crippen molar-refractivity contribution in [1.82, 2.24) is 0 Å². The van der Waals surface area contributed by atoms with Gasteiger partial charge in [0.2, 0.25) is 0 Å². The predicted octanol–water partition coefficient (Wildman–Crippen LogP) is 3.12. The first-order chi connectivity index (χ1) is 12.4. The molecule has 8 heteroatoms. The van der Waals surface area contributed by atoms with E-state index < -0.39 is 10.8 Å². The molecule has 8 nitrogen and oxygen atoms in total. The van der Waals surface area contributed by atoms with Gasteiger partial charge in [-0.15, -0.1) is 0 Å². The number of hydrogen-bond acceptors (Lipinski definition) is 6. The molecule has 2 aromatic carbocycles. The Morgan fingerprint density at radius 2 is 1.92 bits per heavy atom. The fourth-order valence-electron chi connectivity index (χ4n) is 2.55. The summed E-state index contributed by atoms with van der Waals surface area (Å²) in [5, 5.41) is 26.3. The van der Waals surface area contributed by atoms with Crippen LogP contribution in [0.3, 0.4) is 0 Å². The van der Waals surface area contributed by atoms with Crippen LogP contribution < -0.4 is 9.75 Å². The quantitative estimate of drug-likeness (QED) is 0.516. The second kappa shape index (κ2) is 6.67. The minimum absolute atomic E-state index is 0.0711. The SMILES string of the molecule is COc1cccc(/C=C2/C(=O)N(c3ccc([N+](=O)[O-])cc3)N=C2C)c1O. The first-order valence-corrected chi connectivity index (χ1v) is 7.64. The summed E-state index contributed by atoms with van der Waals surface area (Å²) in [6.45, 7) is 1.67. The molecule has 0 bridgehead atoms. The Labute approximate surface area is 148 Å².